The van der Waals surface area contributed by atoms with E-state index in [1.165, 1.54) is 6.20 Å². The van der Waals surface area contributed by atoms with Crippen molar-refractivity contribution < 1.29 is 13.9 Å². The smallest absolute Gasteiger partial charge is 0.269 e. The normalized spacial score (nSPS) is 22.3. The molecule has 9 nitrogen and oxygen atoms in total. The minimum atomic E-state index is -2.66. The van der Waals surface area contributed by atoms with Gasteiger partial charge in [0, 0.05) is 11.7 Å². The van der Waals surface area contributed by atoms with Gasteiger partial charge >= 0.3 is 0 Å². The van der Waals surface area contributed by atoms with E-state index in [0.717, 1.165) is 11.3 Å². The van der Waals surface area contributed by atoms with E-state index < -0.39 is 16.5 Å². The number of rotatable bonds is 5. The van der Waals surface area contributed by atoms with Crippen LogP contribution in [0.4, 0.5) is 17.2 Å². The van der Waals surface area contributed by atoms with Crippen molar-refractivity contribution in [1.82, 2.24) is 9.97 Å². The summed E-state index contributed by atoms with van der Waals surface area (Å²) >= 11 is 0. The maximum atomic E-state index is 11.7. The Kier molecular flexibility index (Phi) is 5.24. The lowest BCUT2D eigenvalue weighted by atomic mass is 10.1. The van der Waals surface area contributed by atoms with E-state index >= 15 is 0 Å². The van der Waals surface area contributed by atoms with Crippen LogP contribution in [0.25, 0.3) is 0 Å². The van der Waals surface area contributed by atoms with Crippen molar-refractivity contribution in [2.24, 2.45) is 11.5 Å². The van der Waals surface area contributed by atoms with Crippen LogP contribution in [0.3, 0.4) is 0 Å². The average molecular weight is 392 g/mol. The van der Waals surface area contributed by atoms with Crippen LogP contribution in [0.15, 0.2) is 24.4 Å². The van der Waals surface area contributed by atoms with Gasteiger partial charge in [0.15, 0.2) is 5.69 Å². The molecule has 1 aliphatic heterocycles. The van der Waals surface area contributed by atoms with Crippen molar-refractivity contribution in [2.75, 3.05) is 22.1 Å². The highest BCUT2D eigenvalue weighted by Gasteiger charge is 2.35. The third-order valence-corrected chi connectivity index (χ3v) is 6.07. The molecule has 2 aromatic heterocycles. The van der Waals surface area contributed by atoms with E-state index in [2.05, 4.69) is 20.6 Å². The van der Waals surface area contributed by atoms with E-state index in [1.54, 1.807) is 6.07 Å². The molecule has 10 heteroatoms. The third kappa shape index (κ3) is 4.66. The maximum Gasteiger partial charge on any atom is 0.269 e. The Bertz CT molecular complexity index is 855. The molecule has 0 bridgehead atoms. The van der Waals surface area contributed by atoms with Crippen LogP contribution in [-0.2, 0) is 0 Å². The number of primary amides is 1. The second kappa shape index (κ2) is 7.31. The van der Waals surface area contributed by atoms with Crippen molar-refractivity contribution in [2.45, 2.75) is 25.9 Å². The molecular weight excluding hydrogens is 368 g/mol. The fourth-order valence-corrected chi connectivity index (χ4v) is 5.04. The van der Waals surface area contributed by atoms with Crippen molar-refractivity contribution in [3.05, 3.63) is 41.3 Å². The zero-order valence-corrected chi connectivity index (χ0v) is 16.0. The van der Waals surface area contributed by atoms with Crippen LogP contribution in [0.2, 0.25) is 0 Å². The summed E-state index contributed by atoms with van der Waals surface area (Å²) in [5.74, 6) is 0.239. The van der Waals surface area contributed by atoms with Gasteiger partial charge in [-0.25, -0.2) is 9.97 Å². The summed E-state index contributed by atoms with van der Waals surface area (Å²) in [5.41, 5.74) is 14.4. The van der Waals surface area contributed by atoms with Crippen LogP contribution >= 0.6 is 10.6 Å². The Labute approximate surface area is 158 Å². The first-order valence-electron chi connectivity index (χ1n) is 8.41. The summed E-state index contributed by atoms with van der Waals surface area (Å²) in [5, 5.41) is 6.25. The van der Waals surface area contributed by atoms with Crippen LogP contribution in [0.1, 0.15) is 21.7 Å². The van der Waals surface area contributed by atoms with Gasteiger partial charge in [0.1, 0.15) is 5.82 Å². The molecule has 1 fully saturated rings. The van der Waals surface area contributed by atoms with Gasteiger partial charge < -0.3 is 22.1 Å². The highest BCUT2D eigenvalue weighted by Crippen LogP contribution is 2.46. The molecule has 0 aromatic carbocycles. The number of nitrogens with zero attached hydrogens (tertiary/aromatic N) is 2. The first-order chi connectivity index (χ1) is 12.6. The number of anilines is 3. The fourth-order valence-electron chi connectivity index (χ4n) is 3.15. The van der Waals surface area contributed by atoms with E-state index in [9.17, 15) is 13.9 Å². The Morgan fingerprint density at radius 3 is 2.59 bits per heavy atom. The summed E-state index contributed by atoms with van der Waals surface area (Å²) in [4.78, 5) is 20.3. The molecule has 1 saturated heterocycles. The number of hydrogen-bond acceptors (Lipinski definition) is 8. The monoisotopic (exact) mass is 392 g/mol. The van der Waals surface area contributed by atoms with Crippen molar-refractivity contribution in [3.8, 4) is 0 Å². The van der Waals surface area contributed by atoms with Crippen LogP contribution in [0.5, 0.6) is 0 Å². The lowest BCUT2D eigenvalue weighted by molar-refractivity contribution is 0.0996. The summed E-state index contributed by atoms with van der Waals surface area (Å²) in [6.45, 7) is 3.83. The zero-order valence-electron chi connectivity index (χ0n) is 15.1. The van der Waals surface area contributed by atoms with Crippen molar-refractivity contribution in [1.29, 1.82) is 0 Å². The molecule has 3 heterocycles. The number of nitrogens with one attached hydrogen (secondary N) is 2. The number of carbonyl (C=O) groups is 1. The topological polar surface area (TPSA) is 159 Å². The van der Waals surface area contributed by atoms with Gasteiger partial charge in [-0.1, -0.05) is 0 Å². The van der Waals surface area contributed by atoms with Gasteiger partial charge in [-0.2, -0.15) is 10.6 Å². The van der Waals surface area contributed by atoms with Gasteiger partial charge in [0.25, 0.3) is 5.91 Å². The maximum absolute atomic E-state index is 11.7. The standard InChI is InChI=1S/C17H24N6O3S/c1-9-3-10(2)21-15(4-9)23-13-5-11(6-20-16(13)17(19)24)22-14-8-27(25,26)7-12(14)18/h3-6,12,14,22,25-26H,7-8,18H2,1-2H3,(H2,19,24)(H,21,23)/t12-,14-/m0/s1. The van der Waals surface area contributed by atoms with E-state index in [4.69, 9.17) is 11.5 Å². The summed E-state index contributed by atoms with van der Waals surface area (Å²) in [7, 11) is -2.66. The van der Waals surface area contributed by atoms with Crippen molar-refractivity contribution >= 4 is 33.7 Å². The minimum absolute atomic E-state index is 0.0847. The number of carbonyl (C=O) groups excluding carboxylic acids is 1. The predicted molar refractivity (Wildman–Crippen MR) is 108 cm³/mol. The lowest BCUT2D eigenvalue weighted by Gasteiger charge is -2.26. The van der Waals surface area contributed by atoms with Gasteiger partial charge in [-0.15, -0.1) is 0 Å². The summed E-state index contributed by atoms with van der Waals surface area (Å²) in [6, 6.07) is 4.78. The molecule has 0 unspecified atom stereocenters. The molecule has 2 atom stereocenters. The Morgan fingerprint density at radius 1 is 1.26 bits per heavy atom. The first-order valence-corrected chi connectivity index (χ1v) is 10.3. The number of amides is 1. The Balaban J connectivity index is 1.88. The summed E-state index contributed by atoms with van der Waals surface area (Å²) < 4.78 is 19.7. The minimum Gasteiger partial charge on any atom is -0.378 e. The molecule has 1 aliphatic rings. The average Bonchev–Trinajstić information content (AvgIpc) is 2.78. The highest BCUT2D eigenvalue weighted by atomic mass is 32.3. The van der Waals surface area contributed by atoms with Gasteiger partial charge in [-0.05, 0) is 37.6 Å². The SMILES string of the molecule is Cc1cc(C)nc(Nc2cc(N[C@H]3CS(O)(O)C[C@@H]3N)cnc2C(N)=O)c1. The molecule has 0 aliphatic carbocycles. The molecule has 3 rings (SSSR count). The molecule has 2 aromatic rings. The Hall–Kier alpha value is -2.40. The number of hydrogen-bond donors (Lipinski definition) is 6. The van der Waals surface area contributed by atoms with Crippen LogP contribution in [-0.4, -0.2) is 48.6 Å². The van der Waals surface area contributed by atoms with E-state index in [-0.39, 0.29) is 29.3 Å². The first kappa shape index (κ1) is 19.4. The van der Waals surface area contributed by atoms with Crippen LogP contribution < -0.4 is 22.1 Å². The molecule has 0 radical (unpaired) electrons. The van der Waals surface area contributed by atoms with Gasteiger partial charge in [0.05, 0.1) is 35.1 Å². The molecule has 146 valence electrons. The molecular formula is C17H24N6O3S. The molecule has 27 heavy (non-hydrogen) atoms. The Morgan fingerprint density at radius 2 is 2.00 bits per heavy atom. The summed E-state index contributed by atoms with van der Waals surface area (Å²) in [6.07, 6.45) is 1.47. The van der Waals surface area contributed by atoms with Gasteiger partial charge in [0.2, 0.25) is 0 Å². The quantitative estimate of drug-likeness (QED) is 0.449. The molecule has 8 N–H and O–H groups in total. The number of aromatic nitrogens is 2. The fraction of sp³-hybridized carbons (Fsp3) is 0.353. The molecule has 0 saturated carbocycles. The second-order valence-corrected chi connectivity index (χ2v) is 9.10. The number of nitrogens with two attached hydrogens (primary N) is 2. The lowest BCUT2D eigenvalue weighted by Crippen LogP contribution is -2.38. The van der Waals surface area contributed by atoms with Crippen LogP contribution in [0, 0.1) is 13.8 Å². The van der Waals surface area contributed by atoms with E-state index in [1.807, 2.05) is 26.0 Å². The largest absolute Gasteiger partial charge is 0.378 e. The van der Waals surface area contributed by atoms with E-state index in [0.29, 0.717) is 17.2 Å². The number of pyridine rings is 2. The third-order valence-electron chi connectivity index (χ3n) is 4.26. The highest BCUT2D eigenvalue weighted by molar-refractivity contribution is 8.24. The number of aryl methyl sites for hydroxylation is 2. The van der Waals surface area contributed by atoms with Gasteiger partial charge in [-0.3, -0.25) is 13.9 Å². The molecule has 0 spiro atoms. The van der Waals surface area contributed by atoms with Crippen molar-refractivity contribution in [3.63, 3.8) is 0 Å². The predicted octanol–water partition coefficient (Wildman–Crippen LogP) is 1.81. The molecule has 1 amide bonds. The second-order valence-electron chi connectivity index (χ2n) is 6.83. The zero-order chi connectivity index (χ0) is 19.8.